The van der Waals surface area contributed by atoms with Gasteiger partial charge in [0.2, 0.25) is 10.0 Å². The van der Waals surface area contributed by atoms with Crippen LogP contribution in [0.3, 0.4) is 0 Å². The molecule has 0 N–H and O–H groups in total. The fraction of sp³-hybridized carbons (Fsp3) is 0.400. The van der Waals surface area contributed by atoms with E-state index in [1.165, 1.54) is 33.5 Å². The highest BCUT2D eigenvalue weighted by atomic mass is 32.2. The number of hydrogen-bond donors (Lipinski definition) is 0. The summed E-state index contributed by atoms with van der Waals surface area (Å²) in [6, 6.07) is 2.47. The molecule has 0 bridgehead atoms. The SMILES string of the molecule is Cn1cc(C(=O)Cn2cc(S(=O)(=O)N3CCCC3)ccc2=O)cn1. The van der Waals surface area contributed by atoms with E-state index in [0.717, 1.165) is 17.4 Å². The van der Waals surface area contributed by atoms with Crippen molar-refractivity contribution in [1.29, 1.82) is 0 Å². The third kappa shape index (κ3) is 3.17. The first kappa shape index (κ1) is 16.6. The minimum Gasteiger partial charge on any atom is -0.306 e. The van der Waals surface area contributed by atoms with Crippen molar-refractivity contribution in [1.82, 2.24) is 18.7 Å². The molecule has 0 saturated carbocycles. The fourth-order valence-corrected chi connectivity index (χ4v) is 4.21. The van der Waals surface area contributed by atoms with Crippen LogP contribution >= 0.6 is 0 Å². The van der Waals surface area contributed by atoms with E-state index in [2.05, 4.69) is 5.10 Å². The zero-order valence-electron chi connectivity index (χ0n) is 13.3. The Morgan fingerprint density at radius 3 is 2.54 bits per heavy atom. The summed E-state index contributed by atoms with van der Waals surface area (Å²) < 4.78 is 29.2. The second-order valence-electron chi connectivity index (χ2n) is 5.77. The molecule has 3 rings (SSSR count). The topological polar surface area (TPSA) is 94.3 Å². The van der Waals surface area contributed by atoms with E-state index in [9.17, 15) is 18.0 Å². The van der Waals surface area contributed by atoms with Crippen LogP contribution in [0, 0.1) is 0 Å². The molecule has 9 heteroatoms. The lowest BCUT2D eigenvalue weighted by Crippen LogP contribution is -2.30. The minimum absolute atomic E-state index is 0.0305. The highest BCUT2D eigenvalue weighted by Gasteiger charge is 2.27. The van der Waals surface area contributed by atoms with Crippen molar-refractivity contribution in [3.8, 4) is 0 Å². The van der Waals surface area contributed by atoms with Crippen molar-refractivity contribution in [2.75, 3.05) is 13.1 Å². The van der Waals surface area contributed by atoms with Crippen LogP contribution in [0.5, 0.6) is 0 Å². The molecule has 0 atom stereocenters. The monoisotopic (exact) mass is 350 g/mol. The van der Waals surface area contributed by atoms with Crippen molar-refractivity contribution in [3.63, 3.8) is 0 Å². The van der Waals surface area contributed by atoms with E-state index in [0.29, 0.717) is 18.7 Å². The second-order valence-corrected chi connectivity index (χ2v) is 7.71. The summed E-state index contributed by atoms with van der Waals surface area (Å²) in [4.78, 5) is 24.2. The first-order chi connectivity index (χ1) is 11.4. The van der Waals surface area contributed by atoms with Gasteiger partial charge in [0.05, 0.1) is 23.2 Å². The summed E-state index contributed by atoms with van der Waals surface area (Å²) >= 11 is 0. The summed E-state index contributed by atoms with van der Waals surface area (Å²) in [5, 5.41) is 3.92. The van der Waals surface area contributed by atoms with Crippen molar-refractivity contribution in [3.05, 3.63) is 46.6 Å². The van der Waals surface area contributed by atoms with Crippen LogP contribution in [0.15, 0.2) is 40.4 Å². The van der Waals surface area contributed by atoms with Gasteiger partial charge in [0.1, 0.15) is 0 Å². The number of aryl methyl sites for hydroxylation is 1. The first-order valence-corrected chi connectivity index (χ1v) is 9.04. The quantitative estimate of drug-likeness (QED) is 0.721. The molecule has 2 aromatic rings. The molecule has 0 aromatic carbocycles. The van der Waals surface area contributed by atoms with Gasteiger partial charge in [-0.1, -0.05) is 0 Å². The Labute approximate surface area is 139 Å². The molecule has 3 heterocycles. The highest BCUT2D eigenvalue weighted by molar-refractivity contribution is 7.89. The highest BCUT2D eigenvalue weighted by Crippen LogP contribution is 2.19. The Morgan fingerprint density at radius 1 is 1.21 bits per heavy atom. The zero-order valence-corrected chi connectivity index (χ0v) is 14.1. The van der Waals surface area contributed by atoms with Gasteiger partial charge < -0.3 is 4.57 Å². The molecule has 0 amide bonds. The maximum atomic E-state index is 12.6. The van der Waals surface area contributed by atoms with Crippen LogP contribution in [0.25, 0.3) is 0 Å². The van der Waals surface area contributed by atoms with Gasteiger partial charge in [-0.05, 0) is 18.9 Å². The van der Waals surface area contributed by atoms with Crippen LogP contribution in [0.1, 0.15) is 23.2 Å². The van der Waals surface area contributed by atoms with Crippen LogP contribution in [0.4, 0.5) is 0 Å². The van der Waals surface area contributed by atoms with E-state index >= 15 is 0 Å². The van der Waals surface area contributed by atoms with Crippen molar-refractivity contribution >= 4 is 15.8 Å². The molecule has 8 nitrogen and oxygen atoms in total. The number of carbonyl (C=O) groups is 1. The molecule has 1 aliphatic rings. The Bertz CT molecular complexity index is 923. The first-order valence-electron chi connectivity index (χ1n) is 7.60. The van der Waals surface area contributed by atoms with Crippen molar-refractivity contribution in [2.24, 2.45) is 7.05 Å². The van der Waals surface area contributed by atoms with Gasteiger partial charge in [0.15, 0.2) is 5.78 Å². The maximum Gasteiger partial charge on any atom is 0.251 e. The van der Waals surface area contributed by atoms with E-state index in [1.54, 1.807) is 13.2 Å². The van der Waals surface area contributed by atoms with Crippen LogP contribution in [-0.2, 0) is 23.6 Å². The predicted molar refractivity (Wildman–Crippen MR) is 86.2 cm³/mol. The molecule has 24 heavy (non-hydrogen) atoms. The van der Waals surface area contributed by atoms with Gasteiger partial charge in [-0.3, -0.25) is 14.3 Å². The Balaban J connectivity index is 1.89. The molecule has 128 valence electrons. The number of aromatic nitrogens is 3. The Hall–Kier alpha value is -2.26. The normalized spacial score (nSPS) is 15.7. The lowest BCUT2D eigenvalue weighted by Gasteiger charge is -2.16. The predicted octanol–water partition coefficient (Wildman–Crippen LogP) is 0.249. The zero-order chi connectivity index (χ0) is 17.3. The minimum atomic E-state index is -3.63. The molecule has 0 radical (unpaired) electrons. The third-order valence-electron chi connectivity index (χ3n) is 4.00. The number of Topliss-reactive ketones (excluding diaryl/α,β-unsaturated/α-hetero) is 1. The van der Waals surface area contributed by atoms with Crippen LogP contribution in [-0.4, -0.2) is 45.9 Å². The molecule has 0 unspecified atom stereocenters. The Morgan fingerprint density at radius 2 is 1.92 bits per heavy atom. The molecule has 2 aromatic heterocycles. The van der Waals surface area contributed by atoms with Crippen molar-refractivity contribution in [2.45, 2.75) is 24.3 Å². The third-order valence-corrected chi connectivity index (χ3v) is 5.88. The number of sulfonamides is 1. The molecule has 0 aliphatic carbocycles. The fourth-order valence-electron chi connectivity index (χ4n) is 2.67. The summed E-state index contributed by atoms with van der Waals surface area (Å²) in [6.45, 7) is 0.736. The number of ketones is 1. The summed E-state index contributed by atoms with van der Waals surface area (Å²) in [5.41, 5.74) is -0.0511. The summed E-state index contributed by atoms with van der Waals surface area (Å²) in [5.74, 6) is -0.305. The number of hydrogen-bond acceptors (Lipinski definition) is 5. The lowest BCUT2D eigenvalue weighted by atomic mass is 10.2. The van der Waals surface area contributed by atoms with Crippen LogP contribution in [0.2, 0.25) is 0 Å². The van der Waals surface area contributed by atoms with Gasteiger partial charge in [-0.2, -0.15) is 9.40 Å². The van der Waals surface area contributed by atoms with E-state index in [4.69, 9.17) is 0 Å². The maximum absolute atomic E-state index is 12.6. The number of carbonyl (C=O) groups excluding carboxylic acids is 1. The molecular formula is C15H18N4O4S. The van der Waals surface area contributed by atoms with Crippen molar-refractivity contribution < 1.29 is 13.2 Å². The molecule has 1 saturated heterocycles. The molecule has 1 fully saturated rings. The molecule has 0 spiro atoms. The largest absolute Gasteiger partial charge is 0.306 e. The molecule has 1 aliphatic heterocycles. The van der Waals surface area contributed by atoms with E-state index in [1.807, 2.05) is 0 Å². The summed E-state index contributed by atoms with van der Waals surface area (Å²) in [7, 11) is -1.94. The molecular weight excluding hydrogens is 332 g/mol. The second kappa shape index (κ2) is 6.33. The van der Waals surface area contributed by atoms with E-state index in [-0.39, 0.29) is 17.2 Å². The number of nitrogens with zero attached hydrogens (tertiary/aromatic N) is 4. The Kier molecular flexibility index (Phi) is 4.37. The summed E-state index contributed by atoms with van der Waals surface area (Å²) in [6.07, 6.45) is 5.87. The van der Waals surface area contributed by atoms with Gasteiger partial charge in [-0.25, -0.2) is 8.42 Å². The van der Waals surface area contributed by atoms with E-state index < -0.39 is 15.6 Å². The van der Waals surface area contributed by atoms with Gasteiger partial charge in [0, 0.05) is 38.6 Å². The number of pyridine rings is 1. The average molecular weight is 350 g/mol. The smallest absolute Gasteiger partial charge is 0.251 e. The lowest BCUT2D eigenvalue weighted by molar-refractivity contribution is 0.0970. The van der Waals surface area contributed by atoms with Gasteiger partial charge in [0.25, 0.3) is 5.56 Å². The standard InChI is InChI=1S/C15H18N4O4S/c1-17-9-12(8-16-17)14(20)11-18-10-13(4-5-15(18)21)24(22,23)19-6-2-3-7-19/h4-5,8-10H,2-3,6-7,11H2,1H3. The van der Waals surface area contributed by atoms with Gasteiger partial charge >= 0.3 is 0 Å². The average Bonchev–Trinajstić information content (AvgIpc) is 3.20. The van der Waals surface area contributed by atoms with Crippen LogP contribution < -0.4 is 5.56 Å². The van der Waals surface area contributed by atoms with Gasteiger partial charge in [-0.15, -0.1) is 0 Å². The number of rotatable bonds is 5.